The maximum absolute atomic E-state index is 2.59. The Labute approximate surface area is 204 Å². The molecule has 2 aromatic heterocycles. The Morgan fingerprint density at radius 2 is 1.32 bits per heavy atom. The van der Waals surface area contributed by atoms with E-state index in [2.05, 4.69) is 102 Å². The second-order valence-electron chi connectivity index (χ2n) is 9.27. The van der Waals surface area contributed by atoms with Crippen LogP contribution in [0.1, 0.15) is 0 Å². The Kier molecular flexibility index (Phi) is 3.24. The first-order valence-corrected chi connectivity index (χ1v) is 13.3. The molecule has 0 unspecified atom stereocenters. The molecule has 0 amide bonds. The number of para-hydroxylation sites is 1. The lowest BCUT2D eigenvalue weighted by Crippen LogP contribution is -2.58. The summed E-state index contributed by atoms with van der Waals surface area (Å²) < 4.78 is 5.31. The van der Waals surface area contributed by atoms with Gasteiger partial charge in [-0.05, 0) is 41.3 Å². The summed E-state index contributed by atoms with van der Waals surface area (Å²) in [6.45, 7) is 0.277. The minimum Gasteiger partial charge on any atom is -0.310 e. The number of thiophene rings is 1. The molecule has 0 N–H and O–H groups in total. The lowest BCUT2D eigenvalue weighted by atomic mass is 9.35. The second-order valence-corrected chi connectivity index (χ2v) is 11.4. The number of nitrogens with zero attached hydrogens (tertiary/aromatic N) is 1. The Bertz CT molecular complexity index is 2010. The molecular weight excluding hydrogens is 449 g/mol. The van der Waals surface area contributed by atoms with E-state index in [4.69, 9.17) is 0 Å². The van der Waals surface area contributed by atoms with Crippen LogP contribution in [0.15, 0.2) is 107 Å². The van der Waals surface area contributed by atoms with Crippen molar-refractivity contribution < 1.29 is 0 Å². The average molecular weight is 465 g/mol. The van der Waals surface area contributed by atoms with E-state index in [0.29, 0.717) is 0 Å². The van der Waals surface area contributed by atoms with Gasteiger partial charge in [0.25, 0.3) is 0 Å². The van der Waals surface area contributed by atoms with Gasteiger partial charge >= 0.3 is 0 Å². The summed E-state index contributed by atoms with van der Waals surface area (Å²) in [6.07, 6.45) is 0. The van der Waals surface area contributed by atoms with Crippen molar-refractivity contribution in [2.45, 2.75) is 9.79 Å². The summed E-state index contributed by atoms with van der Waals surface area (Å²) in [5, 5.41) is 5.46. The van der Waals surface area contributed by atoms with Crippen LogP contribution in [0.3, 0.4) is 0 Å². The molecule has 4 heteroatoms. The van der Waals surface area contributed by atoms with Crippen molar-refractivity contribution in [2.24, 2.45) is 0 Å². The van der Waals surface area contributed by atoms with E-state index in [1.165, 1.54) is 73.8 Å². The van der Waals surface area contributed by atoms with E-state index in [-0.39, 0.29) is 6.71 Å². The number of fused-ring (bicyclic) bond motifs is 11. The van der Waals surface area contributed by atoms with Crippen molar-refractivity contribution in [3.63, 3.8) is 0 Å². The van der Waals surface area contributed by atoms with Crippen LogP contribution in [0.25, 0.3) is 47.7 Å². The van der Waals surface area contributed by atoms with Gasteiger partial charge in [-0.15, -0.1) is 11.3 Å². The number of hydrogen-bond acceptors (Lipinski definition) is 2. The van der Waals surface area contributed by atoms with Crippen molar-refractivity contribution in [1.29, 1.82) is 0 Å². The fourth-order valence-electron chi connectivity index (χ4n) is 6.38. The molecule has 0 aliphatic carbocycles. The van der Waals surface area contributed by atoms with Gasteiger partial charge in [-0.3, -0.25) is 0 Å². The van der Waals surface area contributed by atoms with Crippen LogP contribution in [0.5, 0.6) is 0 Å². The molecule has 0 atom stereocenters. The highest BCUT2D eigenvalue weighted by Crippen LogP contribution is 2.44. The summed E-state index contributed by atoms with van der Waals surface area (Å²) in [7, 11) is 0. The molecule has 0 fully saturated rings. The van der Waals surface area contributed by atoms with Crippen molar-refractivity contribution in [2.75, 3.05) is 0 Å². The molecule has 0 bridgehead atoms. The topological polar surface area (TPSA) is 4.93 Å². The number of rotatable bonds is 0. The van der Waals surface area contributed by atoms with Gasteiger partial charge in [0.2, 0.25) is 6.71 Å². The zero-order chi connectivity index (χ0) is 22.0. The molecule has 7 aromatic rings. The van der Waals surface area contributed by atoms with Crippen LogP contribution in [0.2, 0.25) is 0 Å². The Morgan fingerprint density at radius 1 is 0.559 bits per heavy atom. The van der Waals surface area contributed by atoms with Crippen LogP contribution >= 0.6 is 23.1 Å². The first-order valence-electron chi connectivity index (χ1n) is 11.7. The molecular formula is C30H16BNS2. The lowest BCUT2D eigenvalue weighted by Gasteiger charge is -2.33. The van der Waals surface area contributed by atoms with Crippen LogP contribution in [-0.4, -0.2) is 11.3 Å². The molecule has 0 saturated carbocycles. The highest BCUT2D eigenvalue weighted by Gasteiger charge is 2.39. The Morgan fingerprint density at radius 3 is 2.32 bits per heavy atom. The molecule has 5 aromatic carbocycles. The molecule has 0 radical (unpaired) electrons. The molecule has 1 nitrogen and oxygen atoms in total. The van der Waals surface area contributed by atoms with E-state index in [1.54, 1.807) is 0 Å². The normalized spacial score (nSPS) is 13.7. The van der Waals surface area contributed by atoms with Crippen LogP contribution in [0.4, 0.5) is 0 Å². The molecule has 156 valence electrons. The zero-order valence-corrected chi connectivity index (χ0v) is 19.7. The van der Waals surface area contributed by atoms with Crippen LogP contribution in [0, 0.1) is 0 Å². The first kappa shape index (κ1) is 17.9. The van der Waals surface area contributed by atoms with Crippen LogP contribution < -0.4 is 16.4 Å². The third-order valence-corrected chi connectivity index (χ3v) is 9.96. The fourth-order valence-corrected chi connectivity index (χ4v) is 8.65. The Hall–Kier alpha value is -3.47. The molecule has 0 spiro atoms. The largest absolute Gasteiger partial charge is 0.310 e. The fraction of sp³-hybridized carbons (Fsp3) is 0. The van der Waals surface area contributed by atoms with Gasteiger partial charge < -0.3 is 4.57 Å². The van der Waals surface area contributed by atoms with Gasteiger partial charge in [0.05, 0.1) is 5.52 Å². The molecule has 4 heterocycles. The average Bonchev–Trinajstić information content (AvgIpc) is 3.43. The number of hydrogen-bond donors (Lipinski definition) is 0. The molecule has 2 aliphatic rings. The predicted octanol–water partition coefficient (Wildman–Crippen LogP) is 6.45. The first-order chi connectivity index (χ1) is 16.9. The van der Waals surface area contributed by atoms with Crippen molar-refractivity contribution in [1.82, 2.24) is 4.57 Å². The highest BCUT2D eigenvalue weighted by atomic mass is 32.2. The van der Waals surface area contributed by atoms with E-state index >= 15 is 0 Å². The summed E-state index contributed by atoms with van der Waals surface area (Å²) in [4.78, 5) is 2.76. The second kappa shape index (κ2) is 6.15. The molecule has 2 aliphatic heterocycles. The van der Waals surface area contributed by atoms with E-state index in [9.17, 15) is 0 Å². The minimum atomic E-state index is 0.277. The van der Waals surface area contributed by atoms with E-state index < -0.39 is 0 Å². The maximum Gasteiger partial charge on any atom is 0.249 e. The SMILES string of the molecule is c1ccc2c(c1)Sc1cccc3c1B2c1cccc2c4ccc5sc6ccccc6c5c4n-3c12. The van der Waals surface area contributed by atoms with Crippen molar-refractivity contribution >= 4 is 88.2 Å². The summed E-state index contributed by atoms with van der Waals surface area (Å²) in [6, 6.07) is 36.3. The summed E-state index contributed by atoms with van der Waals surface area (Å²) in [5.41, 5.74) is 8.38. The summed E-state index contributed by atoms with van der Waals surface area (Å²) >= 11 is 3.82. The van der Waals surface area contributed by atoms with E-state index in [0.717, 1.165) is 0 Å². The predicted molar refractivity (Wildman–Crippen MR) is 149 cm³/mol. The van der Waals surface area contributed by atoms with Gasteiger partial charge in [-0.1, -0.05) is 84.0 Å². The van der Waals surface area contributed by atoms with Crippen LogP contribution in [-0.2, 0) is 0 Å². The Balaban J connectivity index is 1.57. The number of aromatic nitrogens is 1. The molecule has 0 saturated heterocycles. The smallest absolute Gasteiger partial charge is 0.249 e. The van der Waals surface area contributed by atoms with Gasteiger partial charge in [0, 0.05) is 51.9 Å². The zero-order valence-electron chi connectivity index (χ0n) is 18.1. The van der Waals surface area contributed by atoms with Crippen molar-refractivity contribution in [3.8, 4) is 5.69 Å². The van der Waals surface area contributed by atoms with Crippen molar-refractivity contribution in [3.05, 3.63) is 97.1 Å². The minimum absolute atomic E-state index is 0.277. The number of benzene rings is 5. The third-order valence-electron chi connectivity index (χ3n) is 7.65. The molecule has 34 heavy (non-hydrogen) atoms. The van der Waals surface area contributed by atoms with Gasteiger partial charge in [0.15, 0.2) is 0 Å². The quantitative estimate of drug-likeness (QED) is 0.233. The van der Waals surface area contributed by atoms with E-state index in [1.807, 2.05) is 23.1 Å². The third kappa shape index (κ3) is 2.02. The van der Waals surface area contributed by atoms with Gasteiger partial charge in [-0.25, -0.2) is 0 Å². The lowest BCUT2D eigenvalue weighted by molar-refractivity contribution is 1.18. The summed E-state index contributed by atoms with van der Waals surface area (Å²) in [5.74, 6) is 0. The molecule has 9 rings (SSSR count). The maximum atomic E-state index is 2.59. The monoisotopic (exact) mass is 465 g/mol. The highest BCUT2D eigenvalue weighted by molar-refractivity contribution is 8.00. The van der Waals surface area contributed by atoms with Gasteiger partial charge in [0.1, 0.15) is 0 Å². The van der Waals surface area contributed by atoms with Gasteiger partial charge in [-0.2, -0.15) is 0 Å². The standard InChI is InChI=1S/C30H16BNS2/c1-3-12-23-19(7-1)27-25(33-23)16-15-18-17-8-5-10-21-29(17)32(30(18)27)22-11-6-14-26-28(22)31(21)20-9-2-4-13-24(20)34-26/h1-16H.